The Morgan fingerprint density at radius 2 is 2.06 bits per heavy atom. The lowest BCUT2D eigenvalue weighted by Gasteiger charge is -2.26. The van der Waals surface area contributed by atoms with E-state index in [0.717, 1.165) is 5.69 Å². The number of halogens is 1. The number of hydrogen-bond donors (Lipinski definition) is 2. The van der Waals surface area contributed by atoms with Crippen LogP contribution in [0.1, 0.15) is 26.5 Å². The maximum Gasteiger partial charge on any atom is 0.112 e. The van der Waals surface area contributed by atoms with Crippen LogP contribution in [-0.4, -0.2) is 16.1 Å². The predicted molar refractivity (Wildman–Crippen MR) is 69.5 cm³/mol. The summed E-state index contributed by atoms with van der Waals surface area (Å²) in [6.45, 7) is 5.96. The molecule has 90 valence electrons. The van der Waals surface area contributed by atoms with Crippen LogP contribution in [0.25, 0.3) is 6.08 Å². The van der Waals surface area contributed by atoms with Crippen LogP contribution in [0.15, 0.2) is 30.2 Å². The van der Waals surface area contributed by atoms with E-state index in [2.05, 4.69) is 4.98 Å². The van der Waals surface area contributed by atoms with Gasteiger partial charge in [-0.2, -0.15) is 0 Å². The van der Waals surface area contributed by atoms with Crippen LogP contribution in [0.2, 0.25) is 0 Å². The van der Waals surface area contributed by atoms with Crippen LogP contribution in [0, 0.1) is 5.41 Å². The van der Waals surface area contributed by atoms with Crippen molar-refractivity contribution in [3.8, 4) is 0 Å². The van der Waals surface area contributed by atoms with Gasteiger partial charge in [0.15, 0.2) is 0 Å². The van der Waals surface area contributed by atoms with Crippen LogP contribution >= 0.6 is 12.4 Å². The van der Waals surface area contributed by atoms with Crippen molar-refractivity contribution in [2.45, 2.75) is 26.8 Å². The summed E-state index contributed by atoms with van der Waals surface area (Å²) in [5, 5.41) is 9.80. The Morgan fingerprint density at radius 3 is 2.50 bits per heavy atom. The third-order valence-electron chi connectivity index (χ3n) is 2.24. The molecular weight excluding hydrogens is 224 g/mol. The number of rotatable bonds is 2. The Kier molecular flexibility index (Phi) is 5.48. The van der Waals surface area contributed by atoms with Crippen LogP contribution in [0.5, 0.6) is 0 Å². The van der Waals surface area contributed by atoms with E-state index in [1.807, 2.05) is 39.0 Å². The topological polar surface area (TPSA) is 59.1 Å². The second-order valence-corrected chi connectivity index (χ2v) is 4.67. The molecule has 0 radical (unpaired) electrons. The van der Waals surface area contributed by atoms with Crippen molar-refractivity contribution in [3.63, 3.8) is 0 Å². The summed E-state index contributed by atoms with van der Waals surface area (Å²) in [5.74, 6) is 0.168. The maximum atomic E-state index is 9.80. The smallest absolute Gasteiger partial charge is 0.112 e. The van der Waals surface area contributed by atoms with Gasteiger partial charge in [-0.1, -0.05) is 26.8 Å². The molecule has 1 aromatic heterocycles. The van der Waals surface area contributed by atoms with Gasteiger partial charge in [-0.15, -0.1) is 12.4 Å². The van der Waals surface area contributed by atoms with Crippen molar-refractivity contribution >= 4 is 18.5 Å². The fraction of sp³-hybridized carbons (Fsp3) is 0.417. The minimum atomic E-state index is -0.375. The second-order valence-electron chi connectivity index (χ2n) is 4.67. The minimum Gasteiger partial charge on any atom is -0.511 e. The lowest BCUT2D eigenvalue weighted by atomic mass is 9.86. The molecule has 0 aliphatic carbocycles. The van der Waals surface area contributed by atoms with Gasteiger partial charge in [0.2, 0.25) is 0 Å². The first-order valence-corrected chi connectivity index (χ1v) is 4.98. The summed E-state index contributed by atoms with van der Waals surface area (Å²) in [4.78, 5) is 4.09. The maximum absolute atomic E-state index is 9.80. The predicted octanol–water partition coefficient (Wildman–Crippen LogP) is 2.78. The Labute approximate surface area is 103 Å². The fourth-order valence-electron chi connectivity index (χ4n) is 1.15. The molecular formula is C12H19ClN2O. The molecule has 0 saturated carbocycles. The Morgan fingerprint density at radius 1 is 1.44 bits per heavy atom. The number of pyridine rings is 1. The number of nitrogens with zero attached hydrogens (tertiary/aromatic N) is 1. The molecule has 0 spiro atoms. The van der Waals surface area contributed by atoms with E-state index in [-0.39, 0.29) is 29.6 Å². The lowest BCUT2D eigenvalue weighted by Crippen LogP contribution is -2.36. The zero-order chi connectivity index (χ0) is 11.5. The van der Waals surface area contributed by atoms with Gasteiger partial charge < -0.3 is 10.8 Å². The van der Waals surface area contributed by atoms with Gasteiger partial charge in [-0.3, -0.25) is 4.98 Å². The lowest BCUT2D eigenvalue weighted by molar-refractivity contribution is 0.266. The molecule has 1 atom stereocenters. The molecule has 1 aromatic rings. The van der Waals surface area contributed by atoms with Crippen molar-refractivity contribution in [1.82, 2.24) is 4.98 Å². The normalized spacial score (nSPS) is 14.1. The van der Waals surface area contributed by atoms with E-state index in [1.54, 1.807) is 12.3 Å². The molecule has 16 heavy (non-hydrogen) atoms. The number of nitrogens with two attached hydrogens (primary N) is 1. The van der Waals surface area contributed by atoms with E-state index in [0.29, 0.717) is 0 Å². The van der Waals surface area contributed by atoms with Gasteiger partial charge in [0.05, 0.1) is 11.7 Å². The molecule has 0 aromatic carbocycles. The standard InChI is InChI=1S/C12H18N2O.ClH/c1-12(2,3)11(13)10(15)8-9-6-4-5-7-14-9;/h4-8,11,15H,13H2,1-3H3;1H/t11-;/m1./s1. The molecule has 1 heterocycles. The van der Waals surface area contributed by atoms with E-state index in [1.165, 1.54) is 0 Å². The first kappa shape index (κ1) is 14.9. The second kappa shape index (κ2) is 5.87. The Balaban J connectivity index is 0.00000225. The van der Waals surface area contributed by atoms with Crippen molar-refractivity contribution in [2.24, 2.45) is 11.1 Å². The van der Waals surface area contributed by atoms with Gasteiger partial charge >= 0.3 is 0 Å². The summed E-state index contributed by atoms with van der Waals surface area (Å²) < 4.78 is 0. The Hall–Kier alpha value is -1.06. The largest absolute Gasteiger partial charge is 0.511 e. The molecule has 4 heteroatoms. The SMILES string of the molecule is CC(C)(C)[C@H](N)C(O)=Cc1ccccn1.Cl. The van der Waals surface area contributed by atoms with Crippen molar-refractivity contribution in [3.05, 3.63) is 35.8 Å². The minimum absolute atomic E-state index is 0. The third-order valence-corrected chi connectivity index (χ3v) is 2.24. The highest BCUT2D eigenvalue weighted by molar-refractivity contribution is 5.85. The number of aliphatic hydroxyl groups excluding tert-OH is 1. The molecule has 0 aliphatic rings. The van der Waals surface area contributed by atoms with Gasteiger partial charge in [-0.05, 0) is 17.5 Å². The van der Waals surface area contributed by atoms with E-state index < -0.39 is 0 Å². The first-order chi connectivity index (χ1) is 6.91. The zero-order valence-corrected chi connectivity index (χ0v) is 10.7. The summed E-state index contributed by atoms with van der Waals surface area (Å²) >= 11 is 0. The Bertz CT molecular complexity index is 344. The zero-order valence-electron chi connectivity index (χ0n) is 9.84. The first-order valence-electron chi connectivity index (χ1n) is 4.98. The summed E-state index contributed by atoms with van der Waals surface area (Å²) in [6.07, 6.45) is 3.29. The molecule has 0 fully saturated rings. The molecule has 0 bridgehead atoms. The highest BCUT2D eigenvalue weighted by Crippen LogP contribution is 2.22. The van der Waals surface area contributed by atoms with E-state index in [9.17, 15) is 5.11 Å². The van der Waals surface area contributed by atoms with E-state index in [4.69, 9.17) is 5.73 Å². The van der Waals surface area contributed by atoms with Gasteiger partial charge in [0, 0.05) is 12.3 Å². The number of aromatic nitrogens is 1. The molecule has 0 unspecified atom stereocenters. The molecule has 0 aliphatic heterocycles. The van der Waals surface area contributed by atoms with E-state index >= 15 is 0 Å². The summed E-state index contributed by atoms with van der Waals surface area (Å²) in [7, 11) is 0. The van der Waals surface area contributed by atoms with Crippen LogP contribution in [-0.2, 0) is 0 Å². The van der Waals surface area contributed by atoms with Crippen molar-refractivity contribution in [2.75, 3.05) is 0 Å². The third kappa shape index (κ3) is 4.21. The van der Waals surface area contributed by atoms with Gasteiger partial charge in [-0.25, -0.2) is 0 Å². The number of hydrogen-bond acceptors (Lipinski definition) is 3. The van der Waals surface area contributed by atoms with Crippen molar-refractivity contribution < 1.29 is 5.11 Å². The van der Waals surface area contributed by atoms with Crippen LogP contribution in [0.4, 0.5) is 0 Å². The average Bonchev–Trinajstić information content (AvgIpc) is 2.16. The van der Waals surface area contributed by atoms with Crippen LogP contribution < -0.4 is 5.73 Å². The van der Waals surface area contributed by atoms with Crippen molar-refractivity contribution in [1.29, 1.82) is 0 Å². The molecule has 3 nitrogen and oxygen atoms in total. The fourth-order valence-corrected chi connectivity index (χ4v) is 1.15. The molecule has 1 rings (SSSR count). The van der Waals surface area contributed by atoms with Crippen LogP contribution in [0.3, 0.4) is 0 Å². The van der Waals surface area contributed by atoms with Gasteiger partial charge in [0.1, 0.15) is 5.76 Å². The highest BCUT2D eigenvalue weighted by atomic mass is 35.5. The quantitative estimate of drug-likeness (QED) is 0.784. The number of aliphatic hydroxyl groups is 1. The van der Waals surface area contributed by atoms with Gasteiger partial charge in [0.25, 0.3) is 0 Å². The molecule has 3 N–H and O–H groups in total. The molecule has 0 amide bonds. The highest BCUT2D eigenvalue weighted by Gasteiger charge is 2.23. The summed E-state index contributed by atoms with van der Waals surface area (Å²) in [6, 6.07) is 5.15. The monoisotopic (exact) mass is 242 g/mol. The average molecular weight is 243 g/mol. The summed E-state index contributed by atoms with van der Waals surface area (Å²) in [5.41, 5.74) is 6.46. The molecule has 0 saturated heterocycles.